The van der Waals surface area contributed by atoms with Gasteiger partial charge >= 0.3 is 0 Å². The van der Waals surface area contributed by atoms with E-state index in [0.717, 1.165) is 17.8 Å². The van der Waals surface area contributed by atoms with Gasteiger partial charge in [-0.2, -0.15) is 0 Å². The van der Waals surface area contributed by atoms with Crippen molar-refractivity contribution >= 4 is 17.0 Å². The maximum Gasteiger partial charge on any atom is 0.249 e. The fourth-order valence-electron chi connectivity index (χ4n) is 1.82. The van der Waals surface area contributed by atoms with Crippen molar-refractivity contribution in [3.8, 4) is 11.5 Å². The molecule has 96 valence electrons. The molecule has 0 aliphatic heterocycles. The predicted molar refractivity (Wildman–Crippen MR) is 76.1 cm³/mol. The van der Waals surface area contributed by atoms with Gasteiger partial charge in [-0.1, -0.05) is 18.2 Å². The highest BCUT2D eigenvalue weighted by atomic mass is 32.1. The normalized spacial score (nSPS) is 10.6. The number of thiophene rings is 1. The number of anilines is 1. The third-order valence-corrected chi connectivity index (χ3v) is 3.59. The Labute approximate surface area is 115 Å². The van der Waals surface area contributed by atoms with Gasteiger partial charge in [0.1, 0.15) is 0 Å². The van der Waals surface area contributed by atoms with Crippen molar-refractivity contribution in [2.24, 2.45) is 0 Å². The Kier molecular flexibility index (Phi) is 3.29. The van der Waals surface area contributed by atoms with Gasteiger partial charge in [0.05, 0.1) is 5.56 Å². The number of hydrogen-bond donors (Lipinski definition) is 1. The Morgan fingerprint density at radius 3 is 2.79 bits per heavy atom. The fraction of sp³-hybridized carbons (Fsp3) is 0.143. The molecule has 0 unspecified atom stereocenters. The molecule has 1 N–H and O–H groups in total. The molecule has 0 radical (unpaired) electrons. The Balaban J connectivity index is 1.85. The summed E-state index contributed by atoms with van der Waals surface area (Å²) in [4.78, 5) is 1.29. The minimum Gasteiger partial charge on any atom is -0.421 e. The molecular formula is C14H13N3OS. The maximum atomic E-state index is 5.49. The van der Waals surface area contributed by atoms with Crippen molar-refractivity contribution in [2.75, 3.05) is 5.32 Å². The van der Waals surface area contributed by atoms with Crippen LogP contribution in [0.3, 0.4) is 0 Å². The average Bonchev–Trinajstić information content (AvgIpc) is 3.08. The van der Waals surface area contributed by atoms with Crippen LogP contribution in [-0.2, 0) is 6.54 Å². The van der Waals surface area contributed by atoms with Gasteiger partial charge in [-0.3, -0.25) is 0 Å². The van der Waals surface area contributed by atoms with Crippen molar-refractivity contribution in [1.82, 2.24) is 10.2 Å². The second kappa shape index (κ2) is 5.24. The van der Waals surface area contributed by atoms with E-state index in [9.17, 15) is 0 Å². The van der Waals surface area contributed by atoms with Crippen LogP contribution in [0.25, 0.3) is 11.5 Å². The topological polar surface area (TPSA) is 51.0 Å². The molecule has 0 saturated carbocycles. The van der Waals surface area contributed by atoms with Crippen molar-refractivity contribution in [2.45, 2.75) is 13.5 Å². The molecule has 0 saturated heterocycles. The van der Waals surface area contributed by atoms with Gasteiger partial charge in [0, 0.05) is 24.0 Å². The van der Waals surface area contributed by atoms with Crippen LogP contribution in [0.15, 0.2) is 46.2 Å². The Hall–Kier alpha value is -2.14. The summed E-state index contributed by atoms with van der Waals surface area (Å²) in [5, 5.41) is 13.4. The van der Waals surface area contributed by atoms with Crippen LogP contribution in [-0.4, -0.2) is 10.2 Å². The SMILES string of the molecule is Cc1nnc(-c2ccccc2NCc2cccs2)o1. The van der Waals surface area contributed by atoms with Crippen LogP contribution in [0.2, 0.25) is 0 Å². The molecule has 0 amide bonds. The van der Waals surface area contributed by atoms with E-state index < -0.39 is 0 Å². The second-order valence-electron chi connectivity index (χ2n) is 4.10. The predicted octanol–water partition coefficient (Wildman–Crippen LogP) is 3.72. The summed E-state index contributed by atoms with van der Waals surface area (Å²) in [5.74, 6) is 1.12. The third-order valence-electron chi connectivity index (χ3n) is 2.72. The smallest absolute Gasteiger partial charge is 0.249 e. The van der Waals surface area contributed by atoms with Gasteiger partial charge < -0.3 is 9.73 Å². The molecule has 1 aromatic carbocycles. The molecule has 4 nitrogen and oxygen atoms in total. The maximum absolute atomic E-state index is 5.49. The largest absolute Gasteiger partial charge is 0.421 e. The average molecular weight is 271 g/mol. The molecule has 19 heavy (non-hydrogen) atoms. The number of rotatable bonds is 4. The molecular weight excluding hydrogens is 258 g/mol. The number of aryl methyl sites for hydroxylation is 1. The molecule has 0 atom stereocenters. The van der Waals surface area contributed by atoms with E-state index in [2.05, 4.69) is 33.0 Å². The summed E-state index contributed by atoms with van der Waals surface area (Å²) in [6.07, 6.45) is 0. The highest BCUT2D eigenvalue weighted by molar-refractivity contribution is 7.09. The number of nitrogens with zero attached hydrogens (tertiary/aromatic N) is 2. The zero-order valence-electron chi connectivity index (χ0n) is 10.5. The quantitative estimate of drug-likeness (QED) is 0.785. The lowest BCUT2D eigenvalue weighted by Gasteiger charge is -2.08. The van der Waals surface area contributed by atoms with Gasteiger partial charge in [-0.25, -0.2) is 0 Å². The lowest BCUT2D eigenvalue weighted by atomic mass is 10.2. The van der Waals surface area contributed by atoms with Crippen LogP contribution < -0.4 is 5.32 Å². The van der Waals surface area contributed by atoms with Crippen molar-refractivity contribution in [3.63, 3.8) is 0 Å². The Morgan fingerprint density at radius 1 is 1.16 bits per heavy atom. The van der Waals surface area contributed by atoms with Crippen LogP contribution in [0.4, 0.5) is 5.69 Å². The fourth-order valence-corrected chi connectivity index (χ4v) is 2.47. The molecule has 0 fully saturated rings. The van der Waals surface area contributed by atoms with Crippen molar-refractivity contribution < 1.29 is 4.42 Å². The molecule has 3 rings (SSSR count). The minimum atomic E-state index is 0.548. The van der Waals surface area contributed by atoms with Crippen LogP contribution in [0, 0.1) is 6.92 Å². The Bertz CT molecular complexity index is 661. The van der Waals surface area contributed by atoms with Crippen LogP contribution >= 0.6 is 11.3 Å². The van der Waals surface area contributed by atoms with Crippen molar-refractivity contribution in [1.29, 1.82) is 0 Å². The lowest BCUT2D eigenvalue weighted by Crippen LogP contribution is -1.99. The third kappa shape index (κ3) is 2.66. The van der Waals surface area contributed by atoms with E-state index in [0.29, 0.717) is 11.8 Å². The highest BCUT2D eigenvalue weighted by Crippen LogP contribution is 2.27. The second-order valence-corrected chi connectivity index (χ2v) is 5.14. The number of hydrogen-bond acceptors (Lipinski definition) is 5. The summed E-state index contributed by atoms with van der Waals surface area (Å²) < 4.78 is 5.49. The molecule has 5 heteroatoms. The zero-order valence-corrected chi connectivity index (χ0v) is 11.3. The number of benzene rings is 1. The molecule has 3 aromatic rings. The van der Waals surface area contributed by atoms with Gasteiger partial charge in [-0.05, 0) is 23.6 Å². The first-order valence-corrected chi connectivity index (χ1v) is 6.86. The highest BCUT2D eigenvalue weighted by Gasteiger charge is 2.10. The summed E-state index contributed by atoms with van der Waals surface area (Å²) in [6, 6.07) is 12.1. The first-order valence-electron chi connectivity index (χ1n) is 5.99. The van der Waals surface area contributed by atoms with E-state index in [1.54, 1.807) is 18.3 Å². The van der Waals surface area contributed by atoms with Gasteiger partial charge in [0.15, 0.2) is 0 Å². The number of nitrogens with one attached hydrogen (secondary N) is 1. The van der Waals surface area contributed by atoms with Crippen molar-refractivity contribution in [3.05, 3.63) is 52.5 Å². The van der Waals surface area contributed by atoms with E-state index in [1.807, 2.05) is 24.3 Å². The van der Waals surface area contributed by atoms with Gasteiger partial charge in [0.25, 0.3) is 0 Å². The first-order chi connectivity index (χ1) is 9.33. The minimum absolute atomic E-state index is 0.548. The molecule has 2 aromatic heterocycles. The van der Waals surface area contributed by atoms with E-state index in [1.165, 1.54) is 4.88 Å². The summed E-state index contributed by atoms with van der Waals surface area (Å²) in [7, 11) is 0. The van der Waals surface area contributed by atoms with E-state index in [4.69, 9.17) is 4.42 Å². The summed E-state index contributed by atoms with van der Waals surface area (Å²) in [6.45, 7) is 2.58. The molecule has 2 heterocycles. The van der Waals surface area contributed by atoms with E-state index >= 15 is 0 Å². The zero-order chi connectivity index (χ0) is 13.1. The first kappa shape index (κ1) is 11.9. The Morgan fingerprint density at radius 2 is 2.05 bits per heavy atom. The molecule has 0 aliphatic rings. The lowest BCUT2D eigenvalue weighted by molar-refractivity contribution is 0.533. The summed E-state index contributed by atoms with van der Waals surface area (Å²) >= 11 is 1.73. The van der Waals surface area contributed by atoms with Gasteiger partial charge in [-0.15, -0.1) is 21.5 Å². The standard InChI is InChI=1S/C14H13N3OS/c1-10-16-17-14(18-10)12-6-2-3-7-13(12)15-9-11-5-4-8-19-11/h2-8,15H,9H2,1H3. The molecule has 0 spiro atoms. The molecule has 0 bridgehead atoms. The van der Waals surface area contributed by atoms with Crippen LogP contribution in [0.5, 0.6) is 0 Å². The summed E-state index contributed by atoms with van der Waals surface area (Å²) in [5.41, 5.74) is 1.93. The number of para-hydroxylation sites is 1. The van der Waals surface area contributed by atoms with Crippen LogP contribution in [0.1, 0.15) is 10.8 Å². The van der Waals surface area contributed by atoms with Gasteiger partial charge in [0.2, 0.25) is 11.8 Å². The molecule has 0 aliphatic carbocycles. The number of aromatic nitrogens is 2. The monoisotopic (exact) mass is 271 g/mol. The van der Waals surface area contributed by atoms with E-state index in [-0.39, 0.29) is 0 Å².